The van der Waals surface area contributed by atoms with Crippen LogP contribution in [0.3, 0.4) is 0 Å². The molecule has 1 aliphatic heterocycles. The highest BCUT2D eigenvalue weighted by molar-refractivity contribution is 6.08. The molecular weight excluding hydrogens is 334 g/mol. The summed E-state index contributed by atoms with van der Waals surface area (Å²) in [6.07, 6.45) is 3.90. The van der Waals surface area contributed by atoms with Crippen LogP contribution in [-0.2, 0) is 19.7 Å². The fourth-order valence-corrected chi connectivity index (χ4v) is 3.32. The minimum atomic E-state index is -0.990. The molecular formula is C20H27NO5. The number of carbonyl (C=O) groups is 3. The maximum atomic E-state index is 12.8. The van der Waals surface area contributed by atoms with Crippen molar-refractivity contribution in [1.29, 1.82) is 0 Å². The molecule has 6 nitrogen and oxygen atoms in total. The van der Waals surface area contributed by atoms with Gasteiger partial charge in [0.2, 0.25) is 5.91 Å². The van der Waals surface area contributed by atoms with Crippen molar-refractivity contribution in [3.8, 4) is 0 Å². The van der Waals surface area contributed by atoms with Crippen LogP contribution in [0.1, 0.15) is 68.8 Å². The lowest BCUT2D eigenvalue weighted by molar-refractivity contribution is -0.143. The van der Waals surface area contributed by atoms with Crippen LogP contribution < -0.4 is 4.90 Å². The summed E-state index contributed by atoms with van der Waals surface area (Å²) in [6.45, 7) is 6.47. The van der Waals surface area contributed by atoms with Crippen molar-refractivity contribution in [3.63, 3.8) is 0 Å². The second kappa shape index (κ2) is 8.34. The van der Waals surface area contributed by atoms with Crippen LogP contribution in [0.4, 0.5) is 5.69 Å². The first-order valence-corrected chi connectivity index (χ1v) is 9.14. The zero-order valence-corrected chi connectivity index (χ0v) is 15.7. The third kappa shape index (κ3) is 4.23. The van der Waals surface area contributed by atoms with E-state index >= 15 is 0 Å². The van der Waals surface area contributed by atoms with Gasteiger partial charge in [0.15, 0.2) is 0 Å². The number of carboxylic acids is 1. The third-order valence-electron chi connectivity index (χ3n) is 4.81. The fourth-order valence-electron chi connectivity index (χ4n) is 3.32. The number of esters is 1. The summed E-state index contributed by atoms with van der Waals surface area (Å²) in [5, 5.41) is 9.18. The van der Waals surface area contributed by atoms with Gasteiger partial charge in [0, 0.05) is 18.7 Å². The number of ether oxygens (including phenoxy) is 1. The molecule has 0 saturated carbocycles. The third-order valence-corrected chi connectivity index (χ3v) is 4.81. The molecule has 1 heterocycles. The van der Waals surface area contributed by atoms with Gasteiger partial charge in [-0.1, -0.05) is 12.8 Å². The van der Waals surface area contributed by atoms with E-state index in [1.807, 2.05) is 13.8 Å². The molecule has 0 radical (unpaired) electrons. The molecule has 1 aromatic carbocycles. The van der Waals surface area contributed by atoms with Crippen molar-refractivity contribution in [3.05, 3.63) is 29.3 Å². The van der Waals surface area contributed by atoms with Crippen LogP contribution in [0.5, 0.6) is 0 Å². The number of anilines is 1. The quantitative estimate of drug-likeness (QED) is 0.537. The monoisotopic (exact) mass is 361 g/mol. The van der Waals surface area contributed by atoms with Crippen LogP contribution in [0.25, 0.3) is 0 Å². The molecule has 0 saturated heterocycles. The topological polar surface area (TPSA) is 83.9 Å². The standard InChI is InChI=1S/C20H27NO5/c1-4-26-17(22)9-7-5-6-8-12-21-16-11-10-14(18(23)24)13-15(16)20(2,3)19(21)25/h10-11,13H,4-9,12H2,1-3H3,(H,23,24). The van der Waals surface area contributed by atoms with Gasteiger partial charge in [0.05, 0.1) is 17.6 Å². The van der Waals surface area contributed by atoms with Gasteiger partial charge in [0.25, 0.3) is 0 Å². The number of aromatic carboxylic acids is 1. The second-order valence-electron chi connectivity index (χ2n) is 7.09. The molecule has 1 aliphatic rings. The Kier molecular flexibility index (Phi) is 6.40. The first-order valence-electron chi connectivity index (χ1n) is 9.14. The summed E-state index contributed by atoms with van der Waals surface area (Å²) < 4.78 is 4.90. The summed E-state index contributed by atoms with van der Waals surface area (Å²) in [5.41, 5.74) is 1.05. The molecule has 1 aromatic rings. The number of hydrogen-bond acceptors (Lipinski definition) is 4. The highest BCUT2D eigenvalue weighted by Crippen LogP contribution is 2.42. The van der Waals surface area contributed by atoms with Gasteiger partial charge < -0.3 is 14.7 Å². The number of unbranched alkanes of at least 4 members (excludes halogenated alkanes) is 3. The van der Waals surface area contributed by atoms with Crippen molar-refractivity contribution in [2.24, 2.45) is 0 Å². The van der Waals surface area contributed by atoms with E-state index < -0.39 is 11.4 Å². The van der Waals surface area contributed by atoms with Crippen LogP contribution >= 0.6 is 0 Å². The summed E-state index contributed by atoms with van der Waals surface area (Å²) in [6, 6.07) is 4.88. The maximum Gasteiger partial charge on any atom is 0.335 e. The Bertz CT molecular complexity index is 695. The van der Waals surface area contributed by atoms with Crippen molar-refractivity contribution >= 4 is 23.5 Å². The molecule has 6 heteroatoms. The van der Waals surface area contributed by atoms with Crippen LogP contribution in [0, 0.1) is 0 Å². The number of benzene rings is 1. The van der Waals surface area contributed by atoms with Gasteiger partial charge in [0.1, 0.15) is 0 Å². The molecule has 142 valence electrons. The number of carboxylic acid groups (broad SMARTS) is 1. The average molecular weight is 361 g/mol. The molecule has 0 aliphatic carbocycles. The zero-order chi connectivity index (χ0) is 19.3. The van der Waals surface area contributed by atoms with Crippen LogP contribution in [-0.4, -0.2) is 36.1 Å². The summed E-state index contributed by atoms with van der Waals surface area (Å²) >= 11 is 0. The normalized spacial score (nSPS) is 15.0. The molecule has 0 spiro atoms. The average Bonchev–Trinajstić information content (AvgIpc) is 2.78. The number of hydrogen-bond donors (Lipinski definition) is 1. The Morgan fingerprint density at radius 1 is 1.15 bits per heavy atom. The molecule has 26 heavy (non-hydrogen) atoms. The first kappa shape index (κ1) is 19.9. The Morgan fingerprint density at radius 3 is 2.50 bits per heavy atom. The van der Waals surface area contributed by atoms with Crippen LogP contribution in [0.15, 0.2) is 18.2 Å². The Balaban J connectivity index is 1.92. The lowest BCUT2D eigenvalue weighted by atomic mass is 9.85. The Labute approximate surface area is 154 Å². The summed E-state index contributed by atoms with van der Waals surface area (Å²) in [4.78, 5) is 37.0. The van der Waals surface area contributed by atoms with Crippen molar-refractivity contribution in [2.45, 2.75) is 58.3 Å². The highest BCUT2D eigenvalue weighted by atomic mass is 16.5. The number of rotatable bonds is 9. The van der Waals surface area contributed by atoms with E-state index in [2.05, 4.69) is 0 Å². The van der Waals surface area contributed by atoms with Crippen molar-refractivity contribution < 1.29 is 24.2 Å². The number of nitrogens with zero attached hydrogens (tertiary/aromatic N) is 1. The molecule has 1 amide bonds. The van der Waals surface area contributed by atoms with E-state index in [4.69, 9.17) is 4.74 Å². The summed E-state index contributed by atoms with van der Waals surface area (Å²) in [7, 11) is 0. The lowest BCUT2D eigenvalue weighted by Crippen LogP contribution is -2.36. The van der Waals surface area contributed by atoms with Gasteiger partial charge in [-0.3, -0.25) is 9.59 Å². The minimum absolute atomic E-state index is 0.00145. The smallest absolute Gasteiger partial charge is 0.335 e. The Morgan fingerprint density at radius 2 is 1.85 bits per heavy atom. The van der Waals surface area contributed by atoms with Gasteiger partial charge >= 0.3 is 11.9 Å². The number of amides is 1. The molecule has 0 aromatic heterocycles. The van der Waals surface area contributed by atoms with Crippen molar-refractivity contribution in [2.75, 3.05) is 18.1 Å². The molecule has 1 N–H and O–H groups in total. The number of carbonyl (C=O) groups excluding carboxylic acids is 2. The van der Waals surface area contributed by atoms with E-state index in [1.54, 1.807) is 30.0 Å². The van der Waals surface area contributed by atoms with E-state index in [0.717, 1.165) is 36.9 Å². The van der Waals surface area contributed by atoms with Crippen molar-refractivity contribution in [1.82, 2.24) is 0 Å². The highest BCUT2D eigenvalue weighted by Gasteiger charge is 2.43. The molecule has 0 fully saturated rings. The van der Waals surface area contributed by atoms with Gasteiger partial charge in [-0.05, 0) is 57.4 Å². The van der Waals surface area contributed by atoms with E-state index in [1.165, 1.54) is 0 Å². The molecule has 2 rings (SSSR count). The van der Waals surface area contributed by atoms with E-state index in [0.29, 0.717) is 19.6 Å². The van der Waals surface area contributed by atoms with Gasteiger partial charge in [-0.25, -0.2) is 4.79 Å². The number of fused-ring (bicyclic) bond motifs is 1. The molecule has 0 atom stereocenters. The van der Waals surface area contributed by atoms with E-state index in [9.17, 15) is 19.5 Å². The van der Waals surface area contributed by atoms with Crippen LogP contribution in [0.2, 0.25) is 0 Å². The first-order chi connectivity index (χ1) is 12.3. The summed E-state index contributed by atoms with van der Waals surface area (Å²) in [5.74, 6) is -1.15. The molecule has 0 unspecified atom stereocenters. The Hall–Kier alpha value is -2.37. The SMILES string of the molecule is CCOC(=O)CCCCCCN1C(=O)C(C)(C)c2cc(C(=O)O)ccc21. The minimum Gasteiger partial charge on any atom is -0.478 e. The second-order valence-corrected chi connectivity index (χ2v) is 7.09. The largest absolute Gasteiger partial charge is 0.478 e. The van der Waals surface area contributed by atoms with E-state index in [-0.39, 0.29) is 17.4 Å². The van der Waals surface area contributed by atoms with Gasteiger partial charge in [-0.2, -0.15) is 0 Å². The predicted molar refractivity (Wildman–Crippen MR) is 98.5 cm³/mol. The van der Waals surface area contributed by atoms with Gasteiger partial charge in [-0.15, -0.1) is 0 Å². The maximum absolute atomic E-state index is 12.8. The predicted octanol–water partition coefficient (Wildman–Crippen LogP) is 3.52. The fraction of sp³-hybridized carbons (Fsp3) is 0.550. The zero-order valence-electron chi connectivity index (χ0n) is 15.7. The lowest BCUT2D eigenvalue weighted by Gasteiger charge is -2.20. The molecule has 0 bridgehead atoms.